The highest BCUT2D eigenvalue weighted by Gasteiger charge is 2.37. The van der Waals surface area contributed by atoms with Crippen LogP contribution in [0.4, 0.5) is 4.79 Å². The first-order valence-corrected chi connectivity index (χ1v) is 6.53. The standard InChI is InChI=1S/C12H21N3O5/c1-3-6(2)9(15-12(13)19)10(16)14-8-5-20-4-7(8)11(17)18/h6-9H,3-5H2,1-2H3,(H,14,16)(H,17,18)(H3,13,15,19). The predicted octanol–water partition coefficient (Wildman–Crippen LogP) is -0.715. The van der Waals surface area contributed by atoms with Crippen molar-refractivity contribution in [2.75, 3.05) is 13.2 Å². The van der Waals surface area contributed by atoms with Crippen LogP contribution in [0.15, 0.2) is 0 Å². The summed E-state index contributed by atoms with van der Waals surface area (Å²) in [6.45, 7) is 3.90. The van der Waals surface area contributed by atoms with Crippen LogP contribution >= 0.6 is 0 Å². The molecule has 4 unspecified atom stereocenters. The number of hydrogen-bond acceptors (Lipinski definition) is 4. The second kappa shape index (κ2) is 7.09. The second-order valence-electron chi connectivity index (χ2n) is 4.97. The Hall–Kier alpha value is -1.83. The molecule has 114 valence electrons. The van der Waals surface area contributed by atoms with Gasteiger partial charge in [-0.05, 0) is 5.92 Å². The van der Waals surface area contributed by atoms with Crippen LogP contribution in [-0.4, -0.2) is 48.3 Å². The molecule has 8 nitrogen and oxygen atoms in total. The van der Waals surface area contributed by atoms with Crippen molar-refractivity contribution in [2.45, 2.75) is 32.4 Å². The SMILES string of the molecule is CCC(C)C(NC(N)=O)C(=O)NC1COCC1C(=O)O. The number of rotatable bonds is 6. The number of nitrogens with one attached hydrogen (secondary N) is 2. The maximum absolute atomic E-state index is 12.2. The van der Waals surface area contributed by atoms with Gasteiger partial charge in [0, 0.05) is 0 Å². The smallest absolute Gasteiger partial charge is 0.312 e. The van der Waals surface area contributed by atoms with Gasteiger partial charge < -0.3 is 26.2 Å². The summed E-state index contributed by atoms with van der Waals surface area (Å²) in [5.74, 6) is -2.35. The normalized spacial score (nSPS) is 24.7. The van der Waals surface area contributed by atoms with Gasteiger partial charge in [0.25, 0.3) is 0 Å². The topological polar surface area (TPSA) is 131 Å². The van der Waals surface area contributed by atoms with E-state index in [9.17, 15) is 14.4 Å². The molecule has 0 saturated carbocycles. The predicted molar refractivity (Wildman–Crippen MR) is 69.8 cm³/mol. The van der Waals surface area contributed by atoms with E-state index in [1.165, 1.54) is 0 Å². The largest absolute Gasteiger partial charge is 0.481 e. The van der Waals surface area contributed by atoms with Crippen LogP contribution in [0.25, 0.3) is 0 Å². The molecule has 0 aromatic carbocycles. The lowest BCUT2D eigenvalue weighted by Crippen LogP contribution is -2.55. The van der Waals surface area contributed by atoms with Gasteiger partial charge in [0.1, 0.15) is 12.0 Å². The van der Waals surface area contributed by atoms with Gasteiger partial charge in [0.15, 0.2) is 0 Å². The molecule has 1 saturated heterocycles. The summed E-state index contributed by atoms with van der Waals surface area (Å²) in [4.78, 5) is 34.1. The van der Waals surface area contributed by atoms with E-state index in [0.29, 0.717) is 6.42 Å². The number of primary amides is 1. The molecule has 1 heterocycles. The molecule has 0 radical (unpaired) electrons. The maximum Gasteiger partial charge on any atom is 0.312 e. The first kappa shape index (κ1) is 16.2. The lowest BCUT2D eigenvalue weighted by Gasteiger charge is -2.25. The zero-order valence-electron chi connectivity index (χ0n) is 11.6. The third-order valence-electron chi connectivity index (χ3n) is 3.52. The molecule has 0 spiro atoms. The zero-order chi connectivity index (χ0) is 15.3. The van der Waals surface area contributed by atoms with E-state index in [-0.39, 0.29) is 19.1 Å². The van der Waals surface area contributed by atoms with Crippen molar-refractivity contribution in [2.24, 2.45) is 17.6 Å². The number of carbonyl (C=O) groups excluding carboxylic acids is 2. The van der Waals surface area contributed by atoms with Gasteiger partial charge in [0.05, 0.1) is 19.3 Å². The van der Waals surface area contributed by atoms with Crippen molar-refractivity contribution < 1.29 is 24.2 Å². The minimum absolute atomic E-state index is 0.0670. The van der Waals surface area contributed by atoms with E-state index in [1.54, 1.807) is 6.92 Å². The van der Waals surface area contributed by atoms with Crippen LogP contribution in [0.3, 0.4) is 0 Å². The van der Waals surface area contributed by atoms with E-state index in [0.717, 1.165) is 0 Å². The van der Waals surface area contributed by atoms with Crippen LogP contribution in [0.5, 0.6) is 0 Å². The van der Waals surface area contributed by atoms with E-state index >= 15 is 0 Å². The number of carboxylic acids is 1. The molecule has 1 rings (SSSR count). The molecule has 5 N–H and O–H groups in total. The molecular formula is C12H21N3O5. The van der Waals surface area contributed by atoms with Gasteiger partial charge in [0.2, 0.25) is 5.91 Å². The maximum atomic E-state index is 12.2. The van der Waals surface area contributed by atoms with Crippen molar-refractivity contribution >= 4 is 17.9 Å². The Balaban J connectivity index is 2.70. The Morgan fingerprint density at radius 3 is 2.55 bits per heavy atom. The number of ether oxygens (including phenoxy) is 1. The molecule has 20 heavy (non-hydrogen) atoms. The fraction of sp³-hybridized carbons (Fsp3) is 0.750. The van der Waals surface area contributed by atoms with E-state index in [4.69, 9.17) is 15.6 Å². The number of carbonyl (C=O) groups is 3. The molecule has 1 fully saturated rings. The third kappa shape index (κ3) is 4.09. The lowest BCUT2D eigenvalue weighted by atomic mass is 9.97. The van der Waals surface area contributed by atoms with Crippen LogP contribution in [0, 0.1) is 11.8 Å². The Kier molecular flexibility index (Phi) is 5.75. The highest BCUT2D eigenvalue weighted by Crippen LogP contribution is 2.15. The average molecular weight is 287 g/mol. The van der Waals surface area contributed by atoms with Gasteiger partial charge in [-0.2, -0.15) is 0 Å². The lowest BCUT2D eigenvalue weighted by molar-refractivity contribution is -0.142. The molecule has 0 bridgehead atoms. The molecule has 0 aliphatic carbocycles. The number of aliphatic carboxylic acids is 1. The Morgan fingerprint density at radius 2 is 2.05 bits per heavy atom. The van der Waals surface area contributed by atoms with Gasteiger partial charge in [-0.15, -0.1) is 0 Å². The number of nitrogens with two attached hydrogens (primary N) is 1. The number of hydrogen-bond donors (Lipinski definition) is 4. The van der Waals surface area contributed by atoms with Crippen LogP contribution in [0.2, 0.25) is 0 Å². The first-order valence-electron chi connectivity index (χ1n) is 6.53. The zero-order valence-corrected chi connectivity index (χ0v) is 11.6. The summed E-state index contributed by atoms with van der Waals surface area (Å²) in [6.07, 6.45) is 0.669. The Morgan fingerprint density at radius 1 is 1.40 bits per heavy atom. The van der Waals surface area contributed by atoms with Gasteiger partial charge in [-0.25, -0.2) is 4.79 Å². The fourth-order valence-corrected chi connectivity index (χ4v) is 2.07. The van der Waals surface area contributed by atoms with E-state index in [1.807, 2.05) is 6.92 Å². The average Bonchev–Trinajstić information content (AvgIpc) is 2.82. The van der Waals surface area contributed by atoms with Crippen LogP contribution in [0.1, 0.15) is 20.3 Å². The summed E-state index contributed by atoms with van der Waals surface area (Å²) in [5.41, 5.74) is 5.06. The molecular weight excluding hydrogens is 266 g/mol. The number of urea groups is 1. The van der Waals surface area contributed by atoms with Crippen molar-refractivity contribution in [3.8, 4) is 0 Å². The number of carboxylic acid groups (broad SMARTS) is 1. The van der Waals surface area contributed by atoms with E-state index in [2.05, 4.69) is 10.6 Å². The minimum Gasteiger partial charge on any atom is -0.481 e. The van der Waals surface area contributed by atoms with Crippen molar-refractivity contribution in [1.82, 2.24) is 10.6 Å². The van der Waals surface area contributed by atoms with Crippen LogP contribution < -0.4 is 16.4 Å². The third-order valence-corrected chi connectivity index (χ3v) is 3.52. The monoisotopic (exact) mass is 287 g/mol. The highest BCUT2D eigenvalue weighted by atomic mass is 16.5. The van der Waals surface area contributed by atoms with Crippen molar-refractivity contribution in [3.05, 3.63) is 0 Å². The van der Waals surface area contributed by atoms with Gasteiger partial charge >= 0.3 is 12.0 Å². The molecule has 0 aromatic heterocycles. The summed E-state index contributed by atoms with van der Waals surface area (Å²) >= 11 is 0. The first-order chi connectivity index (χ1) is 9.36. The molecule has 1 aliphatic heterocycles. The van der Waals surface area contributed by atoms with Crippen molar-refractivity contribution in [3.63, 3.8) is 0 Å². The summed E-state index contributed by atoms with van der Waals surface area (Å²) in [5, 5.41) is 14.0. The second-order valence-corrected chi connectivity index (χ2v) is 4.97. The fourth-order valence-electron chi connectivity index (χ4n) is 2.07. The van der Waals surface area contributed by atoms with Gasteiger partial charge in [-0.3, -0.25) is 9.59 Å². The summed E-state index contributed by atoms with van der Waals surface area (Å²) in [6, 6.07) is -2.17. The molecule has 4 atom stereocenters. The summed E-state index contributed by atoms with van der Waals surface area (Å²) < 4.78 is 5.07. The van der Waals surface area contributed by atoms with Crippen LogP contribution in [-0.2, 0) is 14.3 Å². The van der Waals surface area contributed by atoms with Gasteiger partial charge in [-0.1, -0.05) is 20.3 Å². The molecule has 8 heteroatoms. The number of amides is 3. The molecule has 1 aliphatic rings. The Bertz CT molecular complexity index is 387. The minimum atomic E-state index is -1.02. The van der Waals surface area contributed by atoms with E-state index < -0.39 is 35.9 Å². The molecule has 0 aromatic rings. The Labute approximate surface area is 117 Å². The summed E-state index contributed by atoms with van der Waals surface area (Å²) in [7, 11) is 0. The quantitative estimate of drug-likeness (QED) is 0.512. The van der Waals surface area contributed by atoms with Crippen molar-refractivity contribution in [1.29, 1.82) is 0 Å². The molecule has 3 amide bonds. The highest BCUT2D eigenvalue weighted by molar-refractivity contribution is 5.87.